The lowest BCUT2D eigenvalue weighted by Gasteiger charge is -2.14. The maximum Gasteiger partial charge on any atom is 0.412 e. The third-order valence-electron chi connectivity index (χ3n) is 5.64. The summed E-state index contributed by atoms with van der Waals surface area (Å²) in [7, 11) is 0. The van der Waals surface area contributed by atoms with Gasteiger partial charge < -0.3 is 15.6 Å². The molecule has 0 bridgehead atoms. The number of benzene rings is 1. The van der Waals surface area contributed by atoms with E-state index in [0.717, 1.165) is 36.3 Å². The summed E-state index contributed by atoms with van der Waals surface area (Å²) in [5, 5.41) is 12.5. The van der Waals surface area contributed by atoms with Crippen LogP contribution in [-0.4, -0.2) is 21.5 Å². The second kappa shape index (κ2) is 8.76. The number of aliphatic carboxylic acids is 1. The van der Waals surface area contributed by atoms with Crippen LogP contribution in [0, 0.1) is 11.8 Å². The zero-order valence-electron chi connectivity index (χ0n) is 18.0. The van der Waals surface area contributed by atoms with Crippen LogP contribution in [0.5, 0.6) is 0 Å². The minimum absolute atomic E-state index is 0.334. The van der Waals surface area contributed by atoms with Crippen molar-refractivity contribution in [2.45, 2.75) is 31.3 Å². The zero-order valence-corrected chi connectivity index (χ0v) is 20.4. The number of carboxylic acid groups (broad SMARTS) is 1. The molecule has 34 heavy (non-hydrogen) atoms. The topological polar surface area (TPSA) is 115 Å². The summed E-state index contributed by atoms with van der Waals surface area (Å²) in [6.45, 7) is 1.79. The van der Waals surface area contributed by atoms with Crippen molar-refractivity contribution < 1.29 is 19.4 Å². The van der Waals surface area contributed by atoms with E-state index in [4.69, 9.17) is 10.5 Å². The number of carbonyl (C=O) groups is 2. The Kier molecular flexibility index (Phi) is 5.77. The number of fused-ring (bicyclic) bond motifs is 1. The highest BCUT2D eigenvalue weighted by atomic mass is 32.1. The molecule has 3 aromatic heterocycles. The minimum Gasteiger partial charge on any atom is -0.481 e. The van der Waals surface area contributed by atoms with Crippen LogP contribution < -0.4 is 11.1 Å². The first-order chi connectivity index (χ1) is 16.4. The summed E-state index contributed by atoms with van der Waals surface area (Å²) in [4.78, 5) is 25.7. The summed E-state index contributed by atoms with van der Waals surface area (Å²) in [5.74, 6) is 5.32. The highest BCUT2D eigenvalue weighted by Crippen LogP contribution is 2.52. The lowest BCUT2D eigenvalue weighted by molar-refractivity contribution is -0.139. The Hall–Kier alpha value is -3.39. The Balaban J connectivity index is 1.30. The molecular weight excluding hydrogens is 490 g/mol. The summed E-state index contributed by atoms with van der Waals surface area (Å²) in [6, 6.07) is 13.4. The van der Waals surface area contributed by atoms with Crippen molar-refractivity contribution in [2.24, 2.45) is 0 Å². The van der Waals surface area contributed by atoms with Gasteiger partial charge in [-0.25, -0.2) is 4.79 Å². The summed E-state index contributed by atoms with van der Waals surface area (Å²) in [6.07, 6.45) is 0.318. The van der Waals surface area contributed by atoms with E-state index in [1.165, 1.54) is 22.7 Å². The number of rotatable bonds is 5. The number of nitrogens with zero attached hydrogens (tertiary/aromatic N) is 1. The van der Waals surface area contributed by atoms with E-state index in [1.54, 1.807) is 6.92 Å². The number of hydrogen-bond donors (Lipinski definition) is 3. The molecule has 5 rings (SSSR count). The minimum atomic E-state index is -0.751. The molecule has 3 heterocycles. The van der Waals surface area contributed by atoms with E-state index in [0.29, 0.717) is 29.2 Å². The Labute approximate surface area is 207 Å². The number of anilines is 2. The van der Waals surface area contributed by atoms with Crippen LogP contribution >= 0.6 is 34.2 Å². The standard InChI is InChI=1S/C24H19N3O4S3/c1-13(14-5-3-2-4-6-14)31-23(30)26-20-16(27-34-21(20)25)8-7-15-11-17-18(32-15)12-19(33-17)24(9-10-24)22(28)29/h2-6,11-13H,9-10,25H2,1H3,(H,26,30)(H,28,29). The number of carboxylic acids is 1. The number of nitrogens with two attached hydrogens (primary N) is 1. The van der Waals surface area contributed by atoms with E-state index in [2.05, 4.69) is 21.5 Å². The molecule has 1 atom stereocenters. The number of hydrogen-bond acceptors (Lipinski definition) is 8. The van der Waals surface area contributed by atoms with E-state index in [9.17, 15) is 14.7 Å². The van der Waals surface area contributed by atoms with Crippen LogP contribution in [0.1, 0.15) is 46.9 Å². The van der Waals surface area contributed by atoms with Gasteiger partial charge in [0.2, 0.25) is 0 Å². The van der Waals surface area contributed by atoms with Crippen LogP contribution in [0.25, 0.3) is 9.40 Å². The number of amides is 1. The molecule has 0 saturated heterocycles. The molecule has 7 nitrogen and oxygen atoms in total. The first-order valence-electron chi connectivity index (χ1n) is 10.4. The van der Waals surface area contributed by atoms with Crippen LogP contribution in [0.2, 0.25) is 0 Å². The SMILES string of the molecule is CC(OC(=O)Nc1c(C#Cc2cc3sc(C4(C(=O)O)CC4)cc3s2)nsc1N)c1ccccc1. The van der Waals surface area contributed by atoms with Gasteiger partial charge >= 0.3 is 12.1 Å². The third kappa shape index (κ3) is 4.25. The van der Waals surface area contributed by atoms with Gasteiger partial charge in [0, 0.05) is 14.3 Å². The maximum absolute atomic E-state index is 12.4. The van der Waals surface area contributed by atoms with Crippen molar-refractivity contribution in [3.8, 4) is 11.8 Å². The van der Waals surface area contributed by atoms with E-state index in [-0.39, 0.29) is 0 Å². The second-order valence-electron chi connectivity index (χ2n) is 7.94. The van der Waals surface area contributed by atoms with Crippen molar-refractivity contribution in [2.75, 3.05) is 11.1 Å². The van der Waals surface area contributed by atoms with Gasteiger partial charge in [0.15, 0.2) is 5.69 Å². The number of thiophene rings is 2. The molecular formula is C24H19N3O4S3. The lowest BCUT2D eigenvalue weighted by Crippen LogP contribution is -2.17. The smallest absolute Gasteiger partial charge is 0.412 e. The third-order valence-corrected chi connectivity index (χ3v) is 8.73. The number of nitrogens with one attached hydrogen (secondary N) is 1. The second-order valence-corrected chi connectivity index (χ2v) is 10.9. The molecule has 1 saturated carbocycles. The highest BCUT2D eigenvalue weighted by molar-refractivity contribution is 7.28. The van der Waals surface area contributed by atoms with Gasteiger partial charge in [0.25, 0.3) is 0 Å². The number of aromatic nitrogens is 1. The summed E-state index contributed by atoms with van der Waals surface area (Å²) in [5.41, 5.74) is 6.90. The Morgan fingerprint density at radius 1 is 1.18 bits per heavy atom. The number of ether oxygens (including phenoxy) is 1. The molecule has 172 valence electrons. The van der Waals surface area contributed by atoms with Crippen LogP contribution in [0.4, 0.5) is 15.5 Å². The molecule has 1 fully saturated rings. The summed E-state index contributed by atoms with van der Waals surface area (Å²) >= 11 is 4.06. The first-order valence-corrected chi connectivity index (χ1v) is 12.8. The molecule has 1 aromatic carbocycles. The average Bonchev–Trinajstić information content (AvgIpc) is 3.26. The normalized spacial score (nSPS) is 14.7. The highest BCUT2D eigenvalue weighted by Gasteiger charge is 2.53. The van der Waals surface area contributed by atoms with Gasteiger partial charge in [-0.15, -0.1) is 22.7 Å². The Bertz CT molecular complexity index is 1420. The van der Waals surface area contributed by atoms with Crippen molar-refractivity contribution in [3.63, 3.8) is 0 Å². The van der Waals surface area contributed by atoms with Gasteiger partial charge in [-0.1, -0.05) is 30.3 Å². The summed E-state index contributed by atoms with van der Waals surface area (Å²) < 4.78 is 11.7. The van der Waals surface area contributed by atoms with E-state index < -0.39 is 23.6 Å². The van der Waals surface area contributed by atoms with Gasteiger partial charge in [-0.05, 0) is 60.8 Å². The molecule has 0 radical (unpaired) electrons. The predicted molar refractivity (Wildman–Crippen MR) is 136 cm³/mol. The number of nitrogen functional groups attached to an aromatic ring is 1. The zero-order chi connectivity index (χ0) is 23.9. The van der Waals surface area contributed by atoms with E-state index in [1.807, 2.05) is 42.5 Å². The molecule has 10 heteroatoms. The van der Waals surface area contributed by atoms with Gasteiger partial charge in [0.05, 0.1) is 4.88 Å². The molecule has 1 amide bonds. The molecule has 0 aliphatic heterocycles. The van der Waals surface area contributed by atoms with Crippen LogP contribution in [-0.2, 0) is 14.9 Å². The van der Waals surface area contributed by atoms with Gasteiger partial charge in [-0.2, -0.15) is 4.37 Å². The molecule has 1 aliphatic rings. The average molecular weight is 510 g/mol. The Morgan fingerprint density at radius 3 is 2.59 bits per heavy atom. The quantitative estimate of drug-likeness (QED) is 0.292. The fraction of sp³-hybridized carbons (Fsp3) is 0.208. The molecule has 4 aromatic rings. The molecule has 4 N–H and O–H groups in total. The van der Waals surface area contributed by atoms with Gasteiger partial charge in [0.1, 0.15) is 22.2 Å². The fourth-order valence-electron chi connectivity index (χ4n) is 3.54. The molecule has 0 spiro atoms. The van der Waals surface area contributed by atoms with Crippen molar-refractivity contribution >= 4 is 66.4 Å². The van der Waals surface area contributed by atoms with Crippen molar-refractivity contribution in [1.82, 2.24) is 4.37 Å². The van der Waals surface area contributed by atoms with Crippen molar-refractivity contribution in [3.05, 3.63) is 63.5 Å². The monoisotopic (exact) mass is 509 g/mol. The van der Waals surface area contributed by atoms with E-state index >= 15 is 0 Å². The first kappa shape index (κ1) is 22.4. The number of carbonyl (C=O) groups excluding carboxylic acids is 1. The van der Waals surface area contributed by atoms with Gasteiger partial charge in [-0.3, -0.25) is 10.1 Å². The largest absolute Gasteiger partial charge is 0.481 e. The molecule has 1 unspecified atom stereocenters. The lowest BCUT2D eigenvalue weighted by atomic mass is 10.1. The predicted octanol–water partition coefficient (Wildman–Crippen LogP) is 5.83. The van der Waals surface area contributed by atoms with Crippen LogP contribution in [0.3, 0.4) is 0 Å². The van der Waals surface area contributed by atoms with Crippen molar-refractivity contribution in [1.29, 1.82) is 0 Å². The van der Waals surface area contributed by atoms with Crippen LogP contribution in [0.15, 0.2) is 42.5 Å². The fourth-order valence-corrected chi connectivity index (χ4v) is 6.59. The maximum atomic E-state index is 12.4. The molecule has 1 aliphatic carbocycles. The Morgan fingerprint density at radius 2 is 1.91 bits per heavy atom.